The van der Waals surface area contributed by atoms with E-state index in [4.69, 9.17) is 4.74 Å². The number of carbonyl (C=O) groups is 1. The molecule has 1 amide bonds. The van der Waals surface area contributed by atoms with E-state index in [2.05, 4.69) is 25.7 Å². The number of ether oxygens (including phenoxy) is 1. The Labute approximate surface area is 117 Å². The van der Waals surface area contributed by atoms with Gasteiger partial charge in [-0.15, -0.1) is 0 Å². The Balaban J connectivity index is 2.08. The zero-order chi connectivity index (χ0) is 13.9. The van der Waals surface area contributed by atoms with Crippen molar-refractivity contribution in [1.82, 2.24) is 4.90 Å². The summed E-state index contributed by atoms with van der Waals surface area (Å²) in [6, 6.07) is 0.432. The number of hydrogen-bond acceptors (Lipinski definition) is 2. The summed E-state index contributed by atoms with van der Waals surface area (Å²) >= 11 is 0. The van der Waals surface area contributed by atoms with Crippen molar-refractivity contribution in [2.24, 2.45) is 11.3 Å². The minimum absolute atomic E-state index is 0.210. The number of nitrogens with zero attached hydrogens (tertiary/aromatic N) is 1. The summed E-state index contributed by atoms with van der Waals surface area (Å²) in [7, 11) is 0. The molecule has 0 aromatic rings. The minimum atomic E-state index is 0.210. The largest absolute Gasteiger partial charge is 0.381 e. The van der Waals surface area contributed by atoms with Gasteiger partial charge >= 0.3 is 0 Å². The Hall–Kier alpha value is -0.570. The van der Waals surface area contributed by atoms with Gasteiger partial charge < -0.3 is 9.64 Å². The van der Waals surface area contributed by atoms with Crippen LogP contribution in [-0.4, -0.2) is 36.6 Å². The molecule has 0 N–H and O–H groups in total. The van der Waals surface area contributed by atoms with E-state index in [0.717, 1.165) is 39.0 Å². The summed E-state index contributed by atoms with van der Waals surface area (Å²) in [6.07, 6.45) is 6.57. The maximum Gasteiger partial charge on any atom is 0.226 e. The van der Waals surface area contributed by atoms with Crippen molar-refractivity contribution < 1.29 is 9.53 Å². The second-order valence-corrected chi connectivity index (χ2v) is 6.77. The second kappa shape index (κ2) is 6.25. The molecule has 2 aliphatic heterocycles. The lowest BCUT2D eigenvalue weighted by atomic mass is 9.76. The van der Waals surface area contributed by atoms with Crippen molar-refractivity contribution in [3.05, 3.63) is 0 Å². The van der Waals surface area contributed by atoms with Gasteiger partial charge in [0.2, 0.25) is 5.91 Å². The summed E-state index contributed by atoms with van der Waals surface area (Å²) in [5.74, 6) is 0.608. The minimum Gasteiger partial charge on any atom is -0.381 e. The average molecular weight is 267 g/mol. The van der Waals surface area contributed by atoms with Gasteiger partial charge in [-0.05, 0) is 43.9 Å². The van der Waals surface area contributed by atoms with E-state index >= 15 is 0 Å². The average Bonchev–Trinajstić information content (AvgIpc) is 2.47. The molecule has 110 valence electrons. The first-order valence-corrected chi connectivity index (χ1v) is 7.94. The third-order valence-electron chi connectivity index (χ3n) is 5.17. The monoisotopic (exact) mass is 267 g/mol. The molecule has 0 spiro atoms. The van der Waals surface area contributed by atoms with E-state index in [9.17, 15) is 4.79 Å². The molecule has 1 unspecified atom stereocenters. The normalized spacial score (nSPS) is 26.5. The van der Waals surface area contributed by atoms with Crippen LogP contribution in [0.25, 0.3) is 0 Å². The molecular formula is C16H29NO2. The second-order valence-electron chi connectivity index (χ2n) is 6.77. The number of hydrogen-bond donors (Lipinski definition) is 0. The van der Waals surface area contributed by atoms with E-state index in [1.165, 1.54) is 19.3 Å². The Morgan fingerprint density at radius 3 is 2.53 bits per heavy atom. The van der Waals surface area contributed by atoms with Crippen LogP contribution in [-0.2, 0) is 9.53 Å². The fraction of sp³-hybridized carbons (Fsp3) is 0.938. The van der Waals surface area contributed by atoms with Crippen LogP contribution in [0.4, 0.5) is 0 Å². The van der Waals surface area contributed by atoms with Gasteiger partial charge in [0, 0.05) is 31.7 Å². The van der Waals surface area contributed by atoms with Crippen molar-refractivity contribution in [2.75, 3.05) is 19.8 Å². The van der Waals surface area contributed by atoms with Crippen molar-refractivity contribution in [2.45, 2.75) is 65.3 Å². The third-order valence-corrected chi connectivity index (χ3v) is 5.17. The van der Waals surface area contributed by atoms with Crippen LogP contribution in [0.5, 0.6) is 0 Å². The van der Waals surface area contributed by atoms with Crippen LogP contribution in [0.15, 0.2) is 0 Å². The Morgan fingerprint density at radius 1 is 1.21 bits per heavy atom. The molecule has 3 nitrogen and oxygen atoms in total. The van der Waals surface area contributed by atoms with Crippen LogP contribution in [0, 0.1) is 11.3 Å². The number of rotatable bonds is 3. The molecule has 0 aromatic carbocycles. The van der Waals surface area contributed by atoms with Crippen molar-refractivity contribution in [1.29, 1.82) is 0 Å². The van der Waals surface area contributed by atoms with Crippen LogP contribution >= 0.6 is 0 Å². The lowest BCUT2D eigenvalue weighted by Gasteiger charge is -2.46. The number of piperidine rings is 1. The molecule has 0 radical (unpaired) electrons. The van der Waals surface area contributed by atoms with Crippen LogP contribution < -0.4 is 0 Å². The summed E-state index contributed by atoms with van der Waals surface area (Å²) in [4.78, 5) is 15.0. The van der Waals surface area contributed by atoms with E-state index in [-0.39, 0.29) is 11.3 Å². The van der Waals surface area contributed by atoms with Crippen molar-refractivity contribution in [3.8, 4) is 0 Å². The molecule has 2 aliphatic rings. The smallest absolute Gasteiger partial charge is 0.226 e. The number of amides is 1. The highest BCUT2D eigenvalue weighted by Gasteiger charge is 2.39. The molecule has 0 bridgehead atoms. The Morgan fingerprint density at radius 2 is 1.89 bits per heavy atom. The highest BCUT2D eigenvalue weighted by atomic mass is 16.5. The molecule has 2 heterocycles. The van der Waals surface area contributed by atoms with Gasteiger partial charge in [-0.1, -0.05) is 20.8 Å². The molecule has 0 aliphatic carbocycles. The van der Waals surface area contributed by atoms with E-state index in [1.54, 1.807) is 0 Å². The lowest BCUT2D eigenvalue weighted by molar-refractivity contribution is -0.145. The maximum atomic E-state index is 12.8. The van der Waals surface area contributed by atoms with Gasteiger partial charge in [-0.25, -0.2) is 0 Å². The molecule has 1 atom stereocenters. The fourth-order valence-corrected chi connectivity index (χ4v) is 3.42. The number of carbonyl (C=O) groups excluding carboxylic acids is 1. The maximum absolute atomic E-state index is 12.8. The van der Waals surface area contributed by atoms with E-state index in [0.29, 0.717) is 11.9 Å². The summed E-state index contributed by atoms with van der Waals surface area (Å²) in [5.41, 5.74) is 0.237. The molecule has 3 heteroatoms. The third kappa shape index (κ3) is 3.31. The van der Waals surface area contributed by atoms with Gasteiger partial charge in [0.05, 0.1) is 0 Å². The van der Waals surface area contributed by atoms with Crippen LogP contribution in [0.1, 0.15) is 59.3 Å². The first-order chi connectivity index (χ1) is 9.06. The van der Waals surface area contributed by atoms with Gasteiger partial charge in [-0.3, -0.25) is 4.79 Å². The first kappa shape index (κ1) is 14.8. The Kier molecular flexibility index (Phi) is 4.88. The van der Waals surface area contributed by atoms with Crippen molar-refractivity contribution >= 4 is 5.91 Å². The molecule has 2 rings (SSSR count). The zero-order valence-corrected chi connectivity index (χ0v) is 12.8. The van der Waals surface area contributed by atoms with Crippen LogP contribution in [0.2, 0.25) is 0 Å². The first-order valence-electron chi connectivity index (χ1n) is 7.94. The van der Waals surface area contributed by atoms with Gasteiger partial charge in [0.15, 0.2) is 0 Å². The molecule has 19 heavy (non-hydrogen) atoms. The van der Waals surface area contributed by atoms with Crippen LogP contribution in [0.3, 0.4) is 0 Å². The topological polar surface area (TPSA) is 29.5 Å². The summed E-state index contributed by atoms with van der Waals surface area (Å²) < 4.78 is 5.38. The van der Waals surface area contributed by atoms with Gasteiger partial charge in [0.1, 0.15) is 0 Å². The standard InChI is InChI=1S/C16H29NO2/c1-4-16(2,3)14-7-5-6-10-17(14)15(18)13-8-11-19-12-9-13/h13-14H,4-12H2,1-3H3. The molecule has 0 saturated carbocycles. The lowest BCUT2D eigenvalue weighted by Crippen LogP contribution is -2.53. The van der Waals surface area contributed by atoms with Crippen molar-refractivity contribution in [3.63, 3.8) is 0 Å². The highest BCUT2D eigenvalue weighted by Crippen LogP contribution is 2.36. The predicted molar refractivity (Wildman–Crippen MR) is 77.0 cm³/mol. The SMILES string of the molecule is CCC(C)(C)C1CCCCN1C(=O)C1CCOCC1. The zero-order valence-electron chi connectivity index (χ0n) is 12.8. The molecule has 2 fully saturated rings. The van der Waals surface area contributed by atoms with E-state index in [1.807, 2.05) is 0 Å². The predicted octanol–water partition coefficient (Wildman–Crippen LogP) is 3.23. The number of likely N-dealkylation sites (tertiary alicyclic amines) is 1. The Bertz CT molecular complexity index is 308. The summed E-state index contributed by atoms with van der Waals surface area (Å²) in [6.45, 7) is 9.34. The fourth-order valence-electron chi connectivity index (χ4n) is 3.42. The van der Waals surface area contributed by atoms with Gasteiger partial charge in [-0.2, -0.15) is 0 Å². The van der Waals surface area contributed by atoms with Gasteiger partial charge in [0.25, 0.3) is 0 Å². The summed E-state index contributed by atoms with van der Waals surface area (Å²) in [5, 5.41) is 0. The molecular weight excluding hydrogens is 238 g/mol. The quantitative estimate of drug-likeness (QED) is 0.785. The molecule has 0 aromatic heterocycles. The highest BCUT2D eigenvalue weighted by molar-refractivity contribution is 5.79. The molecule has 2 saturated heterocycles. The van der Waals surface area contributed by atoms with E-state index < -0.39 is 0 Å².